The van der Waals surface area contributed by atoms with E-state index in [0.717, 1.165) is 5.69 Å². The van der Waals surface area contributed by atoms with Gasteiger partial charge in [-0.1, -0.05) is 13.8 Å². The topological polar surface area (TPSA) is 109 Å². The highest BCUT2D eigenvalue weighted by Crippen LogP contribution is 2.15. The molecule has 1 atom stereocenters. The normalized spacial score (nSPS) is 11.8. The molecule has 8 nitrogen and oxygen atoms in total. The van der Waals surface area contributed by atoms with E-state index in [4.69, 9.17) is 4.74 Å². The number of imidazole rings is 1. The fourth-order valence-corrected chi connectivity index (χ4v) is 2.16. The molecule has 2 aromatic heterocycles. The Balaban J connectivity index is 2.13. The Kier molecular flexibility index (Phi) is 6.50. The van der Waals surface area contributed by atoms with Crippen molar-refractivity contribution in [3.63, 3.8) is 0 Å². The van der Waals surface area contributed by atoms with Crippen molar-refractivity contribution < 1.29 is 14.3 Å². The molecule has 134 valence electrons. The lowest BCUT2D eigenvalue weighted by Crippen LogP contribution is -2.47. The smallest absolute Gasteiger partial charge is 0.257 e. The zero-order valence-corrected chi connectivity index (χ0v) is 14.6. The second-order valence-corrected chi connectivity index (χ2v) is 5.98. The molecule has 0 aromatic carbocycles. The maximum Gasteiger partial charge on any atom is 0.257 e. The summed E-state index contributed by atoms with van der Waals surface area (Å²) in [6.07, 6.45) is 5.00. The van der Waals surface area contributed by atoms with Gasteiger partial charge in [0.25, 0.3) is 5.91 Å². The van der Waals surface area contributed by atoms with Crippen LogP contribution in [0.4, 0.5) is 0 Å². The first-order chi connectivity index (χ1) is 12.0. The van der Waals surface area contributed by atoms with Gasteiger partial charge in [-0.25, -0.2) is 9.97 Å². The quantitative estimate of drug-likeness (QED) is 0.659. The highest BCUT2D eigenvalue weighted by atomic mass is 16.5. The van der Waals surface area contributed by atoms with Crippen molar-refractivity contribution in [1.82, 2.24) is 25.6 Å². The number of hydrogen-bond donors (Lipinski definition) is 3. The molecule has 2 heterocycles. The number of nitrogens with zero attached hydrogens (tertiary/aromatic N) is 2. The molecule has 0 spiro atoms. The zero-order valence-electron chi connectivity index (χ0n) is 14.6. The molecule has 0 saturated carbocycles. The minimum absolute atomic E-state index is 0.255. The van der Waals surface area contributed by atoms with Gasteiger partial charge in [0.05, 0.1) is 12.9 Å². The van der Waals surface area contributed by atoms with E-state index < -0.39 is 11.9 Å². The molecule has 25 heavy (non-hydrogen) atoms. The first-order valence-electron chi connectivity index (χ1n) is 8.08. The van der Waals surface area contributed by atoms with Gasteiger partial charge in [-0.05, 0) is 18.1 Å². The monoisotopic (exact) mass is 345 g/mol. The lowest BCUT2D eigenvalue weighted by Gasteiger charge is -2.18. The van der Waals surface area contributed by atoms with Crippen molar-refractivity contribution in [3.05, 3.63) is 42.1 Å². The van der Waals surface area contributed by atoms with Gasteiger partial charge in [0, 0.05) is 31.6 Å². The summed E-state index contributed by atoms with van der Waals surface area (Å²) < 4.78 is 5.61. The van der Waals surface area contributed by atoms with E-state index in [-0.39, 0.29) is 11.8 Å². The van der Waals surface area contributed by atoms with E-state index in [1.165, 1.54) is 13.4 Å². The van der Waals surface area contributed by atoms with Crippen LogP contribution in [0.15, 0.2) is 30.9 Å². The van der Waals surface area contributed by atoms with E-state index in [9.17, 15) is 9.59 Å². The number of rotatable bonds is 8. The van der Waals surface area contributed by atoms with Gasteiger partial charge >= 0.3 is 0 Å². The molecule has 2 amide bonds. The van der Waals surface area contributed by atoms with Crippen LogP contribution in [-0.2, 0) is 11.2 Å². The Morgan fingerprint density at radius 3 is 2.80 bits per heavy atom. The van der Waals surface area contributed by atoms with Crippen molar-refractivity contribution in [2.24, 2.45) is 5.92 Å². The summed E-state index contributed by atoms with van der Waals surface area (Å²) in [5, 5.41) is 5.29. The van der Waals surface area contributed by atoms with E-state index in [0.29, 0.717) is 24.5 Å². The molecule has 0 aliphatic rings. The lowest BCUT2D eigenvalue weighted by molar-refractivity contribution is -0.122. The largest absolute Gasteiger partial charge is 0.477 e. The average molecular weight is 345 g/mol. The predicted molar refractivity (Wildman–Crippen MR) is 92.2 cm³/mol. The standard InChI is InChI=1S/C17H23N5O3/c1-11(2)9-25-17-13(5-4-6-20-17)15(23)22-14(16(24)18-3)7-12-8-19-10-21-12/h4-6,8,10-11,14H,7,9H2,1-3H3,(H,18,24)(H,19,21)(H,22,23)/t14-/m0/s1. The summed E-state index contributed by atoms with van der Waals surface area (Å²) in [6, 6.07) is 2.53. The van der Waals surface area contributed by atoms with Crippen LogP contribution in [0.2, 0.25) is 0 Å². The molecular formula is C17H23N5O3. The highest BCUT2D eigenvalue weighted by Gasteiger charge is 2.23. The van der Waals surface area contributed by atoms with Gasteiger partial charge in [0.2, 0.25) is 11.8 Å². The average Bonchev–Trinajstić information content (AvgIpc) is 3.11. The van der Waals surface area contributed by atoms with Gasteiger partial charge in [-0.2, -0.15) is 0 Å². The minimum Gasteiger partial charge on any atom is -0.477 e. The van der Waals surface area contributed by atoms with Crippen molar-refractivity contribution in [2.45, 2.75) is 26.3 Å². The molecule has 8 heteroatoms. The molecule has 0 aliphatic heterocycles. The third kappa shape index (κ3) is 5.30. The highest BCUT2D eigenvalue weighted by molar-refractivity contribution is 5.99. The van der Waals surface area contributed by atoms with Crippen LogP contribution in [0.25, 0.3) is 0 Å². The van der Waals surface area contributed by atoms with Crippen molar-refractivity contribution in [1.29, 1.82) is 0 Å². The maximum atomic E-state index is 12.6. The Labute approximate surface area is 146 Å². The molecule has 0 bridgehead atoms. The molecule has 2 aromatic rings. The molecule has 2 rings (SSSR count). The van der Waals surface area contributed by atoms with Crippen LogP contribution in [0, 0.1) is 5.92 Å². The number of nitrogens with one attached hydrogen (secondary N) is 3. The molecule has 0 unspecified atom stereocenters. The van der Waals surface area contributed by atoms with E-state index in [2.05, 4.69) is 25.6 Å². The van der Waals surface area contributed by atoms with Gasteiger partial charge in [0.15, 0.2) is 0 Å². The van der Waals surface area contributed by atoms with E-state index in [1.54, 1.807) is 24.5 Å². The van der Waals surface area contributed by atoms with Crippen LogP contribution < -0.4 is 15.4 Å². The first-order valence-corrected chi connectivity index (χ1v) is 8.08. The number of aromatic amines is 1. The van der Waals surface area contributed by atoms with E-state index >= 15 is 0 Å². The molecular weight excluding hydrogens is 322 g/mol. The molecule has 0 saturated heterocycles. The fraction of sp³-hybridized carbons (Fsp3) is 0.412. The molecule has 3 N–H and O–H groups in total. The number of carbonyl (C=O) groups excluding carboxylic acids is 2. The first kappa shape index (κ1) is 18.4. The summed E-state index contributed by atoms with van der Waals surface area (Å²) >= 11 is 0. The van der Waals surface area contributed by atoms with Crippen molar-refractivity contribution in [2.75, 3.05) is 13.7 Å². The van der Waals surface area contributed by atoms with Crippen molar-refractivity contribution >= 4 is 11.8 Å². The number of pyridine rings is 1. The van der Waals surface area contributed by atoms with Crippen LogP contribution in [0.3, 0.4) is 0 Å². The Morgan fingerprint density at radius 1 is 1.36 bits per heavy atom. The van der Waals surface area contributed by atoms with Crippen LogP contribution in [-0.4, -0.2) is 46.5 Å². The Bertz CT molecular complexity index is 700. The number of H-pyrrole nitrogens is 1. The summed E-state index contributed by atoms with van der Waals surface area (Å²) in [5.41, 5.74) is 1.04. The summed E-state index contributed by atoms with van der Waals surface area (Å²) in [7, 11) is 1.52. The second-order valence-electron chi connectivity index (χ2n) is 5.98. The number of hydrogen-bond acceptors (Lipinski definition) is 5. The molecule has 0 fully saturated rings. The fourth-order valence-electron chi connectivity index (χ4n) is 2.16. The predicted octanol–water partition coefficient (Wildman–Crippen LogP) is 0.927. The van der Waals surface area contributed by atoms with Gasteiger partial charge in [0.1, 0.15) is 11.6 Å². The number of amides is 2. The zero-order chi connectivity index (χ0) is 18.2. The minimum atomic E-state index is -0.740. The summed E-state index contributed by atoms with van der Waals surface area (Å²) in [4.78, 5) is 35.7. The number of likely N-dealkylation sites (N-methyl/N-ethyl adjacent to an activating group) is 1. The molecule has 0 aliphatic carbocycles. The number of ether oxygens (including phenoxy) is 1. The Morgan fingerprint density at radius 2 is 2.16 bits per heavy atom. The Hall–Kier alpha value is -2.90. The van der Waals surface area contributed by atoms with Crippen LogP contribution in [0.5, 0.6) is 5.88 Å². The summed E-state index contributed by atoms with van der Waals surface area (Å²) in [5.74, 6) is -0.153. The third-order valence-corrected chi connectivity index (χ3v) is 3.42. The van der Waals surface area contributed by atoms with Gasteiger partial charge in [-0.15, -0.1) is 0 Å². The van der Waals surface area contributed by atoms with Crippen molar-refractivity contribution in [3.8, 4) is 5.88 Å². The van der Waals surface area contributed by atoms with Gasteiger partial charge < -0.3 is 20.4 Å². The lowest BCUT2D eigenvalue weighted by atomic mass is 10.1. The van der Waals surface area contributed by atoms with Crippen LogP contribution in [0.1, 0.15) is 29.9 Å². The second kappa shape index (κ2) is 8.81. The van der Waals surface area contributed by atoms with E-state index in [1.807, 2.05) is 13.8 Å². The van der Waals surface area contributed by atoms with Gasteiger partial charge in [-0.3, -0.25) is 9.59 Å². The SMILES string of the molecule is CNC(=O)[C@H](Cc1cnc[nH]1)NC(=O)c1cccnc1OCC(C)C. The number of carbonyl (C=O) groups is 2. The third-order valence-electron chi connectivity index (χ3n) is 3.42. The number of aromatic nitrogens is 3. The molecule has 0 radical (unpaired) electrons. The summed E-state index contributed by atoms with van der Waals surface area (Å²) in [6.45, 7) is 4.47. The maximum absolute atomic E-state index is 12.6. The van der Waals surface area contributed by atoms with Crippen LogP contribution >= 0.6 is 0 Å².